The molecule has 0 saturated heterocycles. The van der Waals surface area contributed by atoms with Gasteiger partial charge in [-0.2, -0.15) is 0 Å². The van der Waals surface area contributed by atoms with Gasteiger partial charge in [0, 0.05) is 11.1 Å². The molecule has 4 heteroatoms. The van der Waals surface area contributed by atoms with Gasteiger partial charge in [0.15, 0.2) is 11.5 Å². The lowest BCUT2D eigenvalue weighted by Gasteiger charge is -2.23. The Hall–Kier alpha value is -1.71. The molecule has 142 valence electrons. The van der Waals surface area contributed by atoms with Crippen molar-refractivity contribution in [1.29, 1.82) is 0 Å². The van der Waals surface area contributed by atoms with Crippen molar-refractivity contribution in [2.45, 2.75) is 91.9 Å². The summed E-state index contributed by atoms with van der Waals surface area (Å²) >= 11 is 0. The van der Waals surface area contributed by atoms with E-state index in [1.165, 1.54) is 11.1 Å². The first kappa shape index (κ1) is 21.3. The van der Waals surface area contributed by atoms with Crippen molar-refractivity contribution in [3.8, 4) is 11.5 Å². The van der Waals surface area contributed by atoms with Crippen LogP contribution in [0.1, 0.15) is 88.5 Å². The largest absolute Gasteiger partial charge is 0.511 e. The summed E-state index contributed by atoms with van der Waals surface area (Å²) in [6, 6.07) is 0. The number of aromatic hydroxyl groups is 1. The lowest BCUT2D eigenvalue weighted by molar-refractivity contribution is 0.142. The zero-order valence-electron chi connectivity index (χ0n) is 16.3. The van der Waals surface area contributed by atoms with Crippen molar-refractivity contribution in [2.75, 3.05) is 0 Å². The maximum atomic E-state index is 11.2. The third kappa shape index (κ3) is 5.65. The topological polar surface area (TPSA) is 66.8 Å². The Morgan fingerprint density at radius 1 is 0.760 bits per heavy atom. The molecule has 0 aromatic heterocycles. The highest BCUT2D eigenvalue weighted by Gasteiger charge is 2.25. The van der Waals surface area contributed by atoms with Crippen molar-refractivity contribution in [3.63, 3.8) is 0 Å². The summed E-state index contributed by atoms with van der Waals surface area (Å²) in [5.41, 5.74) is 4.22. The second kappa shape index (κ2) is 11.0. The summed E-state index contributed by atoms with van der Waals surface area (Å²) in [4.78, 5) is 11.2. The van der Waals surface area contributed by atoms with Gasteiger partial charge in [-0.15, -0.1) is 0 Å². The van der Waals surface area contributed by atoms with E-state index in [1.807, 2.05) is 0 Å². The van der Waals surface area contributed by atoms with E-state index in [0.717, 1.165) is 75.3 Å². The van der Waals surface area contributed by atoms with E-state index in [0.29, 0.717) is 0 Å². The third-order valence-corrected chi connectivity index (χ3v) is 4.62. The van der Waals surface area contributed by atoms with Crippen LogP contribution in [-0.2, 0) is 25.7 Å². The summed E-state index contributed by atoms with van der Waals surface area (Å²) < 4.78 is 5.08. The molecule has 0 radical (unpaired) electrons. The highest BCUT2D eigenvalue weighted by Crippen LogP contribution is 2.42. The molecule has 0 aliphatic rings. The highest BCUT2D eigenvalue weighted by molar-refractivity contribution is 5.68. The molecule has 25 heavy (non-hydrogen) atoms. The van der Waals surface area contributed by atoms with Crippen LogP contribution in [0.25, 0.3) is 0 Å². The van der Waals surface area contributed by atoms with Crippen LogP contribution in [0.3, 0.4) is 0 Å². The molecule has 0 amide bonds. The minimum Gasteiger partial charge on any atom is -0.504 e. The van der Waals surface area contributed by atoms with E-state index in [9.17, 15) is 9.90 Å². The van der Waals surface area contributed by atoms with Crippen LogP contribution in [0.5, 0.6) is 11.5 Å². The first-order valence-corrected chi connectivity index (χ1v) is 9.80. The summed E-state index contributed by atoms with van der Waals surface area (Å²) in [5, 5.41) is 20.0. The lowest BCUT2D eigenvalue weighted by atomic mass is 9.85. The van der Waals surface area contributed by atoms with Crippen LogP contribution < -0.4 is 4.74 Å². The van der Waals surface area contributed by atoms with Gasteiger partial charge in [-0.3, -0.25) is 0 Å². The molecule has 1 aromatic rings. The smallest absolute Gasteiger partial charge is 0.504 e. The molecule has 0 aliphatic heterocycles. The van der Waals surface area contributed by atoms with Gasteiger partial charge in [0.2, 0.25) is 0 Å². The SMILES string of the molecule is CCCCc1c(CCC)c(CCC)c(O)c(OC(=O)O)c1CCCC. The summed E-state index contributed by atoms with van der Waals surface area (Å²) in [5.74, 6) is 0.217. The number of phenols is 1. The minimum absolute atomic E-state index is 0.0408. The number of unbranched alkanes of at least 4 members (excludes halogenated alkanes) is 2. The van der Waals surface area contributed by atoms with Crippen LogP contribution in [0.4, 0.5) is 4.79 Å². The van der Waals surface area contributed by atoms with Crippen molar-refractivity contribution in [2.24, 2.45) is 0 Å². The van der Waals surface area contributed by atoms with Crippen molar-refractivity contribution in [1.82, 2.24) is 0 Å². The standard InChI is InChI=1S/C21H34O4/c1-5-9-13-16-15(11-7-3)17(12-8-4)19(22)20(25-21(23)24)18(16)14-10-6-2/h22H,5-14H2,1-4H3,(H,23,24). The fraction of sp³-hybridized carbons (Fsp3) is 0.667. The van der Waals surface area contributed by atoms with Gasteiger partial charge in [-0.05, 0) is 49.7 Å². The molecule has 1 aromatic carbocycles. The van der Waals surface area contributed by atoms with Gasteiger partial charge in [-0.1, -0.05) is 53.4 Å². The Morgan fingerprint density at radius 2 is 1.24 bits per heavy atom. The average molecular weight is 350 g/mol. The van der Waals surface area contributed by atoms with Crippen molar-refractivity contribution >= 4 is 6.16 Å². The Labute approximate surface area is 152 Å². The maximum Gasteiger partial charge on any atom is 0.511 e. The summed E-state index contributed by atoms with van der Waals surface area (Å²) in [6.45, 7) is 8.49. The first-order chi connectivity index (χ1) is 12.0. The van der Waals surface area contributed by atoms with E-state index in [-0.39, 0.29) is 11.5 Å². The number of hydrogen-bond donors (Lipinski definition) is 2. The van der Waals surface area contributed by atoms with E-state index in [2.05, 4.69) is 27.7 Å². The highest BCUT2D eigenvalue weighted by atomic mass is 16.7. The van der Waals surface area contributed by atoms with Crippen LogP contribution in [0, 0.1) is 0 Å². The molecule has 4 nitrogen and oxygen atoms in total. The second-order valence-corrected chi connectivity index (χ2v) is 6.67. The normalized spacial score (nSPS) is 10.9. The van der Waals surface area contributed by atoms with Crippen LogP contribution in [0.2, 0.25) is 0 Å². The third-order valence-electron chi connectivity index (χ3n) is 4.62. The minimum atomic E-state index is -1.36. The molecule has 0 heterocycles. The Balaban J connectivity index is 3.65. The predicted octanol–water partition coefficient (Wildman–Crippen LogP) is 6.04. The Bertz CT molecular complexity index is 564. The van der Waals surface area contributed by atoms with Crippen LogP contribution in [0.15, 0.2) is 0 Å². The van der Waals surface area contributed by atoms with E-state index >= 15 is 0 Å². The van der Waals surface area contributed by atoms with Gasteiger partial charge in [0.05, 0.1) is 0 Å². The molecule has 0 bridgehead atoms. The van der Waals surface area contributed by atoms with Gasteiger partial charge in [0.1, 0.15) is 0 Å². The molecule has 1 rings (SSSR count). The number of benzene rings is 1. The van der Waals surface area contributed by atoms with E-state index in [1.54, 1.807) is 0 Å². The van der Waals surface area contributed by atoms with Crippen LogP contribution >= 0.6 is 0 Å². The second-order valence-electron chi connectivity index (χ2n) is 6.67. The summed E-state index contributed by atoms with van der Waals surface area (Å²) in [6.07, 6.45) is 7.95. The number of carboxylic acid groups (broad SMARTS) is 1. The predicted molar refractivity (Wildman–Crippen MR) is 102 cm³/mol. The fourth-order valence-electron chi connectivity index (χ4n) is 3.47. The molecular weight excluding hydrogens is 316 g/mol. The Kier molecular flexibility index (Phi) is 9.40. The van der Waals surface area contributed by atoms with Gasteiger partial charge >= 0.3 is 6.16 Å². The molecule has 0 aliphatic carbocycles. The molecule has 2 N–H and O–H groups in total. The first-order valence-electron chi connectivity index (χ1n) is 9.80. The number of ether oxygens (including phenoxy) is 1. The average Bonchev–Trinajstić information content (AvgIpc) is 2.58. The van der Waals surface area contributed by atoms with Crippen LogP contribution in [-0.4, -0.2) is 16.4 Å². The lowest BCUT2D eigenvalue weighted by Crippen LogP contribution is -2.12. The van der Waals surface area contributed by atoms with Gasteiger partial charge in [0.25, 0.3) is 0 Å². The maximum absolute atomic E-state index is 11.2. The quantitative estimate of drug-likeness (QED) is 0.377. The number of phenolic OH excluding ortho intramolecular Hbond substituents is 1. The molecule has 0 atom stereocenters. The van der Waals surface area contributed by atoms with E-state index < -0.39 is 6.16 Å². The van der Waals surface area contributed by atoms with Gasteiger partial charge < -0.3 is 14.9 Å². The molecule has 0 saturated carbocycles. The summed E-state index contributed by atoms with van der Waals surface area (Å²) in [7, 11) is 0. The van der Waals surface area contributed by atoms with Crippen molar-refractivity contribution in [3.05, 3.63) is 22.3 Å². The molecular formula is C21H34O4. The zero-order valence-corrected chi connectivity index (χ0v) is 16.3. The zero-order chi connectivity index (χ0) is 18.8. The fourth-order valence-corrected chi connectivity index (χ4v) is 3.47. The number of hydrogen-bond acceptors (Lipinski definition) is 3. The monoisotopic (exact) mass is 350 g/mol. The Morgan fingerprint density at radius 3 is 1.72 bits per heavy atom. The van der Waals surface area contributed by atoms with E-state index in [4.69, 9.17) is 9.84 Å². The van der Waals surface area contributed by atoms with Gasteiger partial charge in [-0.25, -0.2) is 4.79 Å². The number of rotatable bonds is 11. The molecule has 0 fully saturated rings. The molecule has 0 spiro atoms. The molecule has 0 unspecified atom stereocenters. The van der Waals surface area contributed by atoms with Crippen molar-refractivity contribution < 1.29 is 19.7 Å². The number of carbonyl (C=O) groups is 1.